The predicted octanol–water partition coefficient (Wildman–Crippen LogP) is 1.08. The van der Waals surface area contributed by atoms with Crippen molar-refractivity contribution in [3.05, 3.63) is 42.2 Å². The Morgan fingerprint density at radius 2 is 2.33 bits per heavy atom. The Kier molecular flexibility index (Phi) is 2.71. The fourth-order valence-corrected chi connectivity index (χ4v) is 0.859. The van der Waals surface area contributed by atoms with Crippen LogP contribution in [0.1, 0.15) is 22.0 Å². The summed E-state index contributed by atoms with van der Waals surface area (Å²) in [4.78, 5) is 14.2. The van der Waals surface area contributed by atoms with Crippen LogP contribution < -0.4 is 5.73 Å². The van der Waals surface area contributed by atoms with Gasteiger partial charge >= 0.3 is 0 Å². The molecule has 0 saturated carbocycles. The molecule has 2 N–H and O–H groups in total. The number of nitrogens with two attached hydrogens (primary N) is 1. The summed E-state index contributed by atoms with van der Waals surface area (Å²) in [6.45, 7) is 3.55. The normalized spacial score (nSPS) is 12.1. The third kappa shape index (κ3) is 1.77. The van der Waals surface area contributed by atoms with Gasteiger partial charge in [-0.25, -0.2) is 0 Å². The highest BCUT2D eigenvalue weighted by Gasteiger charge is 2.01. The van der Waals surface area contributed by atoms with Gasteiger partial charge in [0.05, 0.1) is 0 Å². The van der Waals surface area contributed by atoms with Crippen LogP contribution in [0.3, 0.4) is 0 Å². The highest BCUT2D eigenvalue weighted by Crippen LogP contribution is 2.09. The van der Waals surface area contributed by atoms with E-state index in [-0.39, 0.29) is 6.04 Å². The van der Waals surface area contributed by atoms with Crippen molar-refractivity contribution in [2.45, 2.75) is 6.04 Å². The number of carbonyl (C=O) groups excluding carboxylic acids is 1. The summed E-state index contributed by atoms with van der Waals surface area (Å²) >= 11 is 0. The zero-order valence-corrected chi connectivity index (χ0v) is 6.60. The third-order valence-electron chi connectivity index (χ3n) is 1.56. The van der Waals surface area contributed by atoms with Crippen LogP contribution in [0, 0.1) is 0 Å². The summed E-state index contributed by atoms with van der Waals surface area (Å²) in [5, 5.41) is 0. The Hall–Kier alpha value is -1.48. The number of hydrogen-bond acceptors (Lipinski definition) is 3. The lowest BCUT2D eigenvalue weighted by Gasteiger charge is -2.04. The monoisotopic (exact) mass is 162 g/mol. The molecular formula is C9H10N2O. The molecule has 1 aromatic heterocycles. The summed E-state index contributed by atoms with van der Waals surface area (Å²) < 4.78 is 0. The Balaban J connectivity index is 3.00. The smallest absolute Gasteiger partial charge is 0.151 e. The SMILES string of the molecule is C=CC(N)c1cncc(C=O)c1. The highest BCUT2D eigenvalue weighted by molar-refractivity contribution is 5.74. The highest BCUT2D eigenvalue weighted by atomic mass is 16.1. The lowest BCUT2D eigenvalue weighted by Crippen LogP contribution is -2.07. The third-order valence-corrected chi connectivity index (χ3v) is 1.56. The van der Waals surface area contributed by atoms with E-state index in [2.05, 4.69) is 11.6 Å². The Labute approximate surface area is 70.9 Å². The van der Waals surface area contributed by atoms with Crippen molar-refractivity contribution in [1.29, 1.82) is 0 Å². The van der Waals surface area contributed by atoms with Gasteiger partial charge in [0.1, 0.15) is 0 Å². The van der Waals surface area contributed by atoms with E-state index in [1.54, 1.807) is 18.3 Å². The molecule has 1 heterocycles. The largest absolute Gasteiger partial charge is 0.321 e. The molecule has 0 bridgehead atoms. The molecule has 1 atom stereocenters. The lowest BCUT2D eigenvalue weighted by molar-refractivity contribution is 0.112. The summed E-state index contributed by atoms with van der Waals surface area (Å²) in [5.41, 5.74) is 6.98. The number of pyridine rings is 1. The Morgan fingerprint density at radius 3 is 2.92 bits per heavy atom. The molecule has 0 aromatic carbocycles. The average Bonchev–Trinajstić information content (AvgIpc) is 2.17. The average molecular weight is 162 g/mol. The second kappa shape index (κ2) is 3.78. The molecule has 1 unspecified atom stereocenters. The molecular weight excluding hydrogens is 152 g/mol. The van der Waals surface area contributed by atoms with E-state index in [0.717, 1.165) is 11.8 Å². The number of carbonyl (C=O) groups is 1. The molecule has 0 saturated heterocycles. The summed E-state index contributed by atoms with van der Waals surface area (Å²) in [5.74, 6) is 0. The topological polar surface area (TPSA) is 56.0 Å². The van der Waals surface area contributed by atoms with Gasteiger partial charge < -0.3 is 5.73 Å². The number of nitrogens with zero attached hydrogens (tertiary/aromatic N) is 1. The van der Waals surface area contributed by atoms with Crippen LogP contribution in [-0.4, -0.2) is 11.3 Å². The van der Waals surface area contributed by atoms with E-state index in [1.807, 2.05) is 0 Å². The first-order valence-corrected chi connectivity index (χ1v) is 3.56. The molecule has 0 aliphatic carbocycles. The first-order chi connectivity index (χ1) is 5.77. The van der Waals surface area contributed by atoms with Crippen molar-refractivity contribution in [3.63, 3.8) is 0 Å². The fourth-order valence-electron chi connectivity index (χ4n) is 0.859. The van der Waals surface area contributed by atoms with Crippen LogP contribution in [0.15, 0.2) is 31.1 Å². The van der Waals surface area contributed by atoms with Crippen LogP contribution >= 0.6 is 0 Å². The molecule has 12 heavy (non-hydrogen) atoms. The quantitative estimate of drug-likeness (QED) is 0.534. The number of rotatable bonds is 3. The number of hydrogen-bond donors (Lipinski definition) is 1. The van der Waals surface area contributed by atoms with E-state index in [4.69, 9.17) is 5.73 Å². The maximum absolute atomic E-state index is 10.4. The van der Waals surface area contributed by atoms with Gasteiger partial charge in [-0.05, 0) is 11.6 Å². The van der Waals surface area contributed by atoms with Crippen LogP contribution in [-0.2, 0) is 0 Å². The van der Waals surface area contributed by atoms with Crippen LogP contribution in [0.5, 0.6) is 0 Å². The van der Waals surface area contributed by atoms with Crippen LogP contribution in [0.2, 0.25) is 0 Å². The first kappa shape index (κ1) is 8.62. The van der Waals surface area contributed by atoms with E-state index < -0.39 is 0 Å². The van der Waals surface area contributed by atoms with Crippen LogP contribution in [0.4, 0.5) is 0 Å². The zero-order valence-electron chi connectivity index (χ0n) is 6.60. The van der Waals surface area contributed by atoms with Crippen LogP contribution in [0.25, 0.3) is 0 Å². The molecule has 0 radical (unpaired) electrons. The van der Waals surface area contributed by atoms with E-state index in [0.29, 0.717) is 5.56 Å². The Morgan fingerprint density at radius 1 is 1.58 bits per heavy atom. The van der Waals surface area contributed by atoms with Crippen molar-refractivity contribution in [1.82, 2.24) is 4.98 Å². The predicted molar refractivity (Wildman–Crippen MR) is 46.7 cm³/mol. The van der Waals surface area contributed by atoms with Gasteiger partial charge in [-0.2, -0.15) is 0 Å². The van der Waals surface area contributed by atoms with E-state index >= 15 is 0 Å². The van der Waals surface area contributed by atoms with Crippen molar-refractivity contribution in [2.75, 3.05) is 0 Å². The lowest BCUT2D eigenvalue weighted by atomic mass is 10.1. The first-order valence-electron chi connectivity index (χ1n) is 3.56. The van der Waals surface area contributed by atoms with Crippen molar-refractivity contribution in [2.24, 2.45) is 5.73 Å². The van der Waals surface area contributed by atoms with Gasteiger partial charge in [0, 0.05) is 24.0 Å². The second-order valence-corrected chi connectivity index (χ2v) is 2.43. The maximum Gasteiger partial charge on any atom is 0.151 e. The molecule has 3 heteroatoms. The van der Waals surface area contributed by atoms with E-state index in [1.165, 1.54) is 6.20 Å². The summed E-state index contributed by atoms with van der Waals surface area (Å²) in [6.07, 6.45) is 5.46. The Bertz CT molecular complexity index is 296. The van der Waals surface area contributed by atoms with Crippen molar-refractivity contribution >= 4 is 6.29 Å². The van der Waals surface area contributed by atoms with Crippen molar-refractivity contribution < 1.29 is 4.79 Å². The molecule has 62 valence electrons. The van der Waals surface area contributed by atoms with Gasteiger partial charge in [-0.3, -0.25) is 9.78 Å². The fraction of sp³-hybridized carbons (Fsp3) is 0.111. The molecule has 0 aliphatic heterocycles. The van der Waals surface area contributed by atoms with Crippen molar-refractivity contribution in [3.8, 4) is 0 Å². The number of aromatic nitrogens is 1. The molecule has 0 fully saturated rings. The standard InChI is InChI=1S/C9H10N2O/c1-2-9(10)8-3-7(6-12)4-11-5-8/h2-6,9H,1,10H2. The minimum atomic E-state index is -0.252. The minimum absolute atomic E-state index is 0.252. The second-order valence-electron chi connectivity index (χ2n) is 2.43. The molecule has 3 nitrogen and oxygen atoms in total. The molecule has 0 aliphatic rings. The zero-order chi connectivity index (χ0) is 8.97. The molecule has 0 amide bonds. The van der Waals surface area contributed by atoms with Gasteiger partial charge in [-0.15, -0.1) is 6.58 Å². The van der Waals surface area contributed by atoms with Gasteiger partial charge in [0.2, 0.25) is 0 Å². The number of aldehydes is 1. The maximum atomic E-state index is 10.4. The molecule has 1 aromatic rings. The van der Waals surface area contributed by atoms with Gasteiger partial charge in [-0.1, -0.05) is 6.08 Å². The van der Waals surface area contributed by atoms with Gasteiger partial charge in [0.25, 0.3) is 0 Å². The minimum Gasteiger partial charge on any atom is -0.321 e. The molecule has 0 spiro atoms. The summed E-state index contributed by atoms with van der Waals surface area (Å²) in [6, 6.07) is 1.45. The summed E-state index contributed by atoms with van der Waals surface area (Å²) in [7, 11) is 0. The van der Waals surface area contributed by atoms with Gasteiger partial charge in [0.15, 0.2) is 6.29 Å². The van der Waals surface area contributed by atoms with E-state index in [9.17, 15) is 4.79 Å². The molecule has 1 rings (SSSR count).